The minimum absolute atomic E-state index is 0.771. The molecule has 0 saturated heterocycles. The highest BCUT2D eigenvalue weighted by Crippen LogP contribution is 2.27. The second kappa shape index (κ2) is 7.93. The molecular formula is C22H22N2. The quantitative estimate of drug-likeness (QED) is 0.383. The van der Waals surface area contributed by atoms with E-state index in [2.05, 4.69) is 32.7 Å². The van der Waals surface area contributed by atoms with Gasteiger partial charge in [-0.1, -0.05) is 74.4 Å². The van der Waals surface area contributed by atoms with Crippen LogP contribution < -0.4 is 4.90 Å². The van der Waals surface area contributed by atoms with Gasteiger partial charge in [-0.3, -0.25) is 5.41 Å². The van der Waals surface area contributed by atoms with Crippen molar-refractivity contribution in [3.63, 3.8) is 0 Å². The van der Waals surface area contributed by atoms with Crippen LogP contribution in [-0.2, 0) is 0 Å². The lowest BCUT2D eigenvalue weighted by Crippen LogP contribution is -2.18. The summed E-state index contributed by atoms with van der Waals surface area (Å²) in [6, 6.07) is 14.0. The molecule has 2 aromatic carbocycles. The summed E-state index contributed by atoms with van der Waals surface area (Å²) >= 11 is 0. The largest absolute Gasteiger partial charge is 0.302 e. The maximum absolute atomic E-state index is 7.78. The molecule has 0 radical (unpaired) electrons. The molecule has 0 heterocycles. The standard InChI is InChI=1S/C22H22N2/c1-5-7-8-20-11-14-22(17(3)15-20)18(4)24(16-23)21-12-9-19(6-2)10-13-21/h5-16,23H,1-2,4H2,3H3/b8-7+,23-16?. The van der Waals surface area contributed by atoms with Crippen molar-refractivity contribution in [3.8, 4) is 0 Å². The van der Waals surface area contributed by atoms with Crippen LogP contribution in [0.3, 0.4) is 0 Å². The molecule has 0 saturated carbocycles. The lowest BCUT2D eigenvalue weighted by atomic mass is 10.0. The summed E-state index contributed by atoms with van der Waals surface area (Å²) in [5.41, 5.74) is 5.95. The lowest BCUT2D eigenvalue weighted by Gasteiger charge is -2.23. The zero-order valence-electron chi connectivity index (χ0n) is 14.0. The molecule has 0 aliphatic heterocycles. The first-order valence-corrected chi connectivity index (χ1v) is 7.72. The van der Waals surface area contributed by atoms with Crippen LogP contribution in [0.15, 0.2) is 74.4 Å². The van der Waals surface area contributed by atoms with Gasteiger partial charge in [0.2, 0.25) is 0 Å². The van der Waals surface area contributed by atoms with E-state index in [1.807, 2.05) is 48.6 Å². The topological polar surface area (TPSA) is 27.1 Å². The normalized spacial score (nSPS) is 10.4. The molecule has 2 heteroatoms. The van der Waals surface area contributed by atoms with Crippen molar-refractivity contribution in [2.24, 2.45) is 0 Å². The highest BCUT2D eigenvalue weighted by Gasteiger charge is 2.12. The van der Waals surface area contributed by atoms with Gasteiger partial charge in [0.15, 0.2) is 0 Å². The number of rotatable bonds is 7. The molecular weight excluding hydrogens is 292 g/mol. The van der Waals surface area contributed by atoms with E-state index in [-0.39, 0.29) is 0 Å². The number of benzene rings is 2. The molecule has 24 heavy (non-hydrogen) atoms. The first-order chi connectivity index (χ1) is 11.6. The van der Waals surface area contributed by atoms with Gasteiger partial charge in [0.05, 0.1) is 6.34 Å². The predicted octanol–water partition coefficient (Wildman–Crippen LogP) is 5.92. The highest BCUT2D eigenvalue weighted by atomic mass is 15.1. The van der Waals surface area contributed by atoms with E-state index in [1.54, 1.807) is 17.1 Å². The Kier molecular flexibility index (Phi) is 5.69. The fraction of sp³-hybridized carbons (Fsp3) is 0.0455. The molecule has 0 fully saturated rings. The number of aryl methyl sites for hydroxylation is 1. The molecule has 1 N–H and O–H groups in total. The molecule has 0 aromatic heterocycles. The predicted molar refractivity (Wildman–Crippen MR) is 107 cm³/mol. The molecule has 2 nitrogen and oxygen atoms in total. The van der Waals surface area contributed by atoms with Crippen molar-refractivity contribution >= 4 is 29.9 Å². The van der Waals surface area contributed by atoms with Crippen LogP contribution in [0.2, 0.25) is 0 Å². The molecule has 0 bridgehead atoms. The van der Waals surface area contributed by atoms with Gasteiger partial charge in [0.1, 0.15) is 0 Å². The monoisotopic (exact) mass is 314 g/mol. The third-order valence-corrected chi connectivity index (χ3v) is 3.81. The molecule has 0 spiro atoms. The Morgan fingerprint density at radius 2 is 1.71 bits per heavy atom. The van der Waals surface area contributed by atoms with Crippen molar-refractivity contribution < 1.29 is 0 Å². The maximum Gasteiger partial charge on any atom is 0.0907 e. The average Bonchev–Trinajstić information content (AvgIpc) is 2.61. The molecule has 2 rings (SSSR count). The molecule has 0 aliphatic carbocycles. The van der Waals surface area contributed by atoms with E-state index in [4.69, 9.17) is 5.41 Å². The Bertz CT molecular complexity index is 795. The van der Waals surface area contributed by atoms with Gasteiger partial charge in [0.25, 0.3) is 0 Å². The number of nitrogens with one attached hydrogen (secondary N) is 1. The number of allylic oxidation sites excluding steroid dienone is 2. The Morgan fingerprint density at radius 3 is 2.25 bits per heavy atom. The SMILES string of the molecule is C=C/C=C/c1ccc(C(=C)N(C=N)c2ccc(C=C)cc2)c(C)c1. The summed E-state index contributed by atoms with van der Waals surface area (Å²) in [5, 5.41) is 7.78. The van der Waals surface area contributed by atoms with Gasteiger partial charge in [-0.2, -0.15) is 0 Å². The lowest BCUT2D eigenvalue weighted by molar-refractivity contribution is 1.32. The van der Waals surface area contributed by atoms with E-state index in [9.17, 15) is 0 Å². The van der Waals surface area contributed by atoms with E-state index in [0.717, 1.165) is 33.6 Å². The number of anilines is 1. The summed E-state index contributed by atoms with van der Waals surface area (Å²) in [5.74, 6) is 0. The average molecular weight is 314 g/mol. The fourth-order valence-corrected chi connectivity index (χ4v) is 2.50. The summed E-state index contributed by atoms with van der Waals surface area (Å²) in [4.78, 5) is 1.77. The van der Waals surface area contributed by atoms with Crippen molar-refractivity contribution in [1.82, 2.24) is 0 Å². The number of nitrogens with zero attached hydrogens (tertiary/aromatic N) is 1. The molecule has 2 aromatic rings. The van der Waals surface area contributed by atoms with Crippen LogP contribution in [0, 0.1) is 12.3 Å². The van der Waals surface area contributed by atoms with Crippen molar-refractivity contribution in [2.75, 3.05) is 4.90 Å². The van der Waals surface area contributed by atoms with Crippen LogP contribution >= 0.6 is 0 Å². The molecule has 0 amide bonds. The Morgan fingerprint density at radius 1 is 1.04 bits per heavy atom. The van der Waals surface area contributed by atoms with Crippen LogP contribution in [0.25, 0.3) is 17.8 Å². The Balaban J connectivity index is 2.33. The number of hydrogen-bond donors (Lipinski definition) is 1. The molecule has 0 unspecified atom stereocenters. The fourth-order valence-electron chi connectivity index (χ4n) is 2.50. The van der Waals surface area contributed by atoms with E-state index < -0.39 is 0 Å². The highest BCUT2D eigenvalue weighted by molar-refractivity contribution is 5.96. The molecule has 120 valence electrons. The zero-order valence-corrected chi connectivity index (χ0v) is 14.0. The molecule has 0 aliphatic rings. The second-order valence-corrected chi connectivity index (χ2v) is 5.41. The first kappa shape index (κ1) is 17.2. The van der Waals surface area contributed by atoms with Gasteiger partial charge in [0, 0.05) is 16.9 Å². The summed E-state index contributed by atoms with van der Waals surface area (Å²) < 4.78 is 0. The van der Waals surface area contributed by atoms with Gasteiger partial charge in [-0.15, -0.1) is 0 Å². The van der Waals surface area contributed by atoms with Crippen LogP contribution in [0.1, 0.15) is 22.3 Å². The molecule has 0 atom stereocenters. The van der Waals surface area contributed by atoms with Crippen molar-refractivity contribution in [3.05, 3.63) is 96.6 Å². The number of hydrogen-bond acceptors (Lipinski definition) is 1. The minimum Gasteiger partial charge on any atom is -0.302 e. The summed E-state index contributed by atoms with van der Waals surface area (Å²) in [6.07, 6.45) is 8.76. The van der Waals surface area contributed by atoms with E-state index in [1.165, 1.54) is 6.34 Å². The van der Waals surface area contributed by atoms with Crippen molar-refractivity contribution in [1.29, 1.82) is 5.41 Å². The minimum atomic E-state index is 0.771. The van der Waals surface area contributed by atoms with Gasteiger partial charge in [-0.25, -0.2) is 0 Å². The summed E-state index contributed by atoms with van der Waals surface area (Å²) in [6.45, 7) is 13.7. The van der Waals surface area contributed by atoms with E-state index in [0.29, 0.717) is 0 Å². The van der Waals surface area contributed by atoms with Gasteiger partial charge in [-0.05, 0) is 35.7 Å². The van der Waals surface area contributed by atoms with Crippen LogP contribution in [0.5, 0.6) is 0 Å². The van der Waals surface area contributed by atoms with Crippen LogP contribution in [-0.4, -0.2) is 6.34 Å². The van der Waals surface area contributed by atoms with Gasteiger partial charge < -0.3 is 4.90 Å². The Hall–Kier alpha value is -3.13. The smallest absolute Gasteiger partial charge is 0.0907 e. The van der Waals surface area contributed by atoms with Gasteiger partial charge >= 0.3 is 0 Å². The maximum atomic E-state index is 7.78. The first-order valence-electron chi connectivity index (χ1n) is 7.72. The van der Waals surface area contributed by atoms with Crippen molar-refractivity contribution in [2.45, 2.75) is 6.92 Å². The second-order valence-electron chi connectivity index (χ2n) is 5.41. The van der Waals surface area contributed by atoms with E-state index >= 15 is 0 Å². The van der Waals surface area contributed by atoms with Crippen LogP contribution in [0.4, 0.5) is 5.69 Å². The Labute approximate surface area is 144 Å². The third kappa shape index (κ3) is 3.79. The third-order valence-electron chi connectivity index (χ3n) is 3.81. The summed E-state index contributed by atoms with van der Waals surface area (Å²) in [7, 11) is 0. The zero-order chi connectivity index (χ0) is 17.5.